The minimum Gasteiger partial charge on any atom is -0.457 e. The molecule has 1 heterocycles. The van der Waals surface area contributed by atoms with Crippen LogP contribution in [0.4, 0.5) is 11.4 Å². The lowest BCUT2D eigenvalue weighted by atomic mass is 9.97. The lowest BCUT2D eigenvalue weighted by molar-refractivity contribution is -0.385. The number of hydrogen-bond acceptors (Lipinski definition) is 6. The molecule has 35 heavy (non-hydrogen) atoms. The van der Waals surface area contributed by atoms with Gasteiger partial charge < -0.3 is 10.1 Å². The molecule has 10 heteroatoms. The quantitative estimate of drug-likeness (QED) is 0.374. The van der Waals surface area contributed by atoms with Crippen molar-refractivity contribution in [1.82, 2.24) is 4.31 Å². The van der Waals surface area contributed by atoms with Gasteiger partial charge in [-0.3, -0.25) is 14.9 Å². The molecule has 0 saturated carbocycles. The summed E-state index contributed by atoms with van der Waals surface area (Å²) in [5.74, 6) is 0.841. The van der Waals surface area contributed by atoms with Crippen LogP contribution in [-0.2, 0) is 14.8 Å². The third-order valence-corrected chi connectivity index (χ3v) is 7.97. The second-order valence-corrected chi connectivity index (χ2v) is 10.2. The number of amides is 1. The van der Waals surface area contributed by atoms with E-state index in [2.05, 4.69) is 5.32 Å². The summed E-state index contributed by atoms with van der Waals surface area (Å²) in [6.45, 7) is 1.92. The molecular weight excluding hydrogens is 470 g/mol. The third kappa shape index (κ3) is 5.67. The molecule has 1 N–H and O–H groups in total. The SMILES string of the molecule is Cc1ccc([N+](=O)[O-])cc1S(=O)(=O)N1CCC(C(=O)Nc2ccc(Oc3ccccc3)cc2)CC1. The number of sulfonamides is 1. The average Bonchev–Trinajstić information content (AvgIpc) is 2.86. The number of anilines is 1. The summed E-state index contributed by atoms with van der Waals surface area (Å²) in [5.41, 5.74) is 0.788. The van der Waals surface area contributed by atoms with Gasteiger partial charge in [-0.2, -0.15) is 4.31 Å². The number of nitrogens with one attached hydrogen (secondary N) is 1. The van der Waals surface area contributed by atoms with E-state index in [9.17, 15) is 23.3 Å². The maximum atomic E-state index is 13.1. The highest BCUT2D eigenvalue weighted by Gasteiger charge is 2.33. The van der Waals surface area contributed by atoms with Crippen LogP contribution in [0.1, 0.15) is 18.4 Å². The molecule has 1 saturated heterocycles. The maximum Gasteiger partial charge on any atom is 0.270 e. The fourth-order valence-electron chi connectivity index (χ4n) is 3.95. The monoisotopic (exact) mass is 495 g/mol. The Morgan fingerprint density at radius 3 is 2.26 bits per heavy atom. The van der Waals surface area contributed by atoms with Crippen LogP contribution in [0.3, 0.4) is 0 Å². The third-order valence-electron chi connectivity index (χ3n) is 5.93. The lowest BCUT2D eigenvalue weighted by Gasteiger charge is -2.30. The Balaban J connectivity index is 1.35. The van der Waals surface area contributed by atoms with Crippen molar-refractivity contribution in [2.75, 3.05) is 18.4 Å². The summed E-state index contributed by atoms with van der Waals surface area (Å²) in [7, 11) is -3.90. The predicted octanol–water partition coefficient (Wildman–Crippen LogP) is 4.73. The molecule has 1 amide bonds. The van der Waals surface area contributed by atoms with Gasteiger partial charge in [-0.1, -0.05) is 24.3 Å². The molecule has 0 atom stereocenters. The van der Waals surface area contributed by atoms with E-state index in [0.29, 0.717) is 35.6 Å². The molecule has 3 aromatic carbocycles. The number of para-hydroxylation sites is 1. The molecule has 1 aliphatic rings. The van der Waals surface area contributed by atoms with Crippen LogP contribution in [0.2, 0.25) is 0 Å². The van der Waals surface area contributed by atoms with Crippen LogP contribution in [0.15, 0.2) is 77.7 Å². The van der Waals surface area contributed by atoms with Gasteiger partial charge in [-0.15, -0.1) is 0 Å². The summed E-state index contributed by atoms with van der Waals surface area (Å²) >= 11 is 0. The van der Waals surface area contributed by atoms with E-state index in [1.54, 1.807) is 31.2 Å². The standard InChI is InChI=1S/C25H25N3O6S/c1-18-7-10-21(28(30)31)17-24(18)35(32,33)27-15-13-19(14-16-27)25(29)26-20-8-11-23(12-9-20)34-22-5-3-2-4-6-22/h2-12,17,19H,13-16H2,1H3,(H,26,29). The van der Waals surface area contributed by atoms with Gasteiger partial charge in [0.15, 0.2) is 0 Å². The van der Waals surface area contributed by atoms with Crippen LogP contribution in [0.25, 0.3) is 0 Å². The molecule has 9 nitrogen and oxygen atoms in total. The second-order valence-electron chi connectivity index (χ2n) is 8.31. The summed E-state index contributed by atoms with van der Waals surface area (Å²) in [6.07, 6.45) is 0.711. The zero-order valence-electron chi connectivity index (χ0n) is 19.1. The molecule has 0 bridgehead atoms. The Kier molecular flexibility index (Phi) is 7.13. The number of ether oxygens (including phenoxy) is 1. The maximum absolute atomic E-state index is 13.1. The van der Waals surface area contributed by atoms with Crippen LogP contribution in [-0.4, -0.2) is 36.6 Å². The van der Waals surface area contributed by atoms with Gasteiger partial charge in [0.1, 0.15) is 11.5 Å². The van der Waals surface area contributed by atoms with Gasteiger partial charge in [-0.05, 0) is 61.7 Å². The van der Waals surface area contributed by atoms with Gasteiger partial charge in [0, 0.05) is 36.8 Å². The molecule has 0 aliphatic carbocycles. The van der Waals surface area contributed by atoms with Crippen molar-refractivity contribution in [3.05, 3.63) is 88.5 Å². The number of rotatable bonds is 7. The van der Waals surface area contributed by atoms with Crippen LogP contribution in [0.5, 0.6) is 11.5 Å². The first-order valence-corrected chi connectivity index (χ1v) is 12.6. The second kappa shape index (κ2) is 10.2. The number of non-ortho nitro benzene ring substituents is 1. The molecule has 0 unspecified atom stereocenters. The number of carbonyl (C=O) groups is 1. The number of benzene rings is 3. The molecule has 0 spiro atoms. The van der Waals surface area contributed by atoms with Crippen molar-refractivity contribution in [2.24, 2.45) is 5.92 Å². The number of aryl methyl sites for hydroxylation is 1. The lowest BCUT2D eigenvalue weighted by Crippen LogP contribution is -2.41. The zero-order valence-corrected chi connectivity index (χ0v) is 19.9. The molecule has 3 aromatic rings. The van der Waals surface area contributed by atoms with Crippen molar-refractivity contribution >= 4 is 27.3 Å². The molecular formula is C25H25N3O6S. The summed E-state index contributed by atoms with van der Waals surface area (Å²) in [4.78, 5) is 23.1. The van der Waals surface area contributed by atoms with E-state index < -0.39 is 14.9 Å². The normalized spacial score (nSPS) is 14.9. The Morgan fingerprint density at radius 1 is 1.00 bits per heavy atom. The number of hydrogen-bond donors (Lipinski definition) is 1. The highest BCUT2D eigenvalue weighted by Crippen LogP contribution is 2.29. The molecule has 0 aromatic heterocycles. The van der Waals surface area contributed by atoms with Crippen LogP contribution >= 0.6 is 0 Å². The molecule has 182 valence electrons. The van der Waals surface area contributed by atoms with E-state index in [0.717, 1.165) is 6.07 Å². The first-order chi connectivity index (χ1) is 16.7. The summed E-state index contributed by atoms with van der Waals surface area (Å²) in [5, 5.41) is 14.0. The van der Waals surface area contributed by atoms with E-state index in [1.165, 1.54) is 16.4 Å². The van der Waals surface area contributed by atoms with Crippen LogP contribution in [0, 0.1) is 23.0 Å². The van der Waals surface area contributed by atoms with Crippen molar-refractivity contribution in [3.63, 3.8) is 0 Å². The Hall–Kier alpha value is -3.76. The largest absolute Gasteiger partial charge is 0.457 e. The van der Waals surface area contributed by atoms with Gasteiger partial charge in [0.2, 0.25) is 15.9 Å². The molecule has 1 fully saturated rings. The topological polar surface area (TPSA) is 119 Å². The number of nitro benzene ring substituents is 1. The Bertz CT molecular complexity index is 1320. The first-order valence-electron chi connectivity index (χ1n) is 11.1. The number of nitro groups is 1. The minimum atomic E-state index is -3.90. The number of piperidine rings is 1. The first kappa shape index (κ1) is 24.4. The van der Waals surface area contributed by atoms with Gasteiger partial charge in [-0.25, -0.2) is 8.42 Å². The Morgan fingerprint density at radius 2 is 1.63 bits per heavy atom. The Labute approximate surface area is 203 Å². The van der Waals surface area contributed by atoms with Gasteiger partial charge >= 0.3 is 0 Å². The molecule has 4 rings (SSSR count). The predicted molar refractivity (Wildman–Crippen MR) is 131 cm³/mol. The van der Waals surface area contributed by atoms with Crippen molar-refractivity contribution in [1.29, 1.82) is 0 Å². The van der Waals surface area contributed by atoms with Crippen molar-refractivity contribution in [2.45, 2.75) is 24.7 Å². The van der Waals surface area contributed by atoms with Gasteiger partial charge in [0.05, 0.1) is 9.82 Å². The van der Waals surface area contributed by atoms with E-state index in [1.807, 2.05) is 30.3 Å². The fourth-order valence-corrected chi connectivity index (χ4v) is 5.67. The molecule has 0 radical (unpaired) electrons. The fraction of sp³-hybridized carbons (Fsp3) is 0.240. The summed E-state index contributed by atoms with van der Waals surface area (Å²) in [6, 6.07) is 20.2. The average molecular weight is 496 g/mol. The minimum absolute atomic E-state index is 0.0765. The number of carbonyl (C=O) groups excluding carboxylic acids is 1. The summed E-state index contributed by atoms with van der Waals surface area (Å²) < 4.78 is 33.2. The highest BCUT2D eigenvalue weighted by atomic mass is 32.2. The smallest absolute Gasteiger partial charge is 0.270 e. The van der Waals surface area contributed by atoms with Crippen LogP contribution < -0.4 is 10.1 Å². The van der Waals surface area contributed by atoms with E-state index in [4.69, 9.17) is 4.74 Å². The van der Waals surface area contributed by atoms with Crippen molar-refractivity contribution < 1.29 is 22.9 Å². The van der Waals surface area contributed by atoms with E-state index in [-0.39, 0.29) is 35.5 Å². The molecule has 1 aliphatic heterocycles. The number of nitrogens with zero attached hydrogens (tertiary/aromatic N) is 2. The van der Waals surface area contributed by atoms with Crippen molar-refractivity contribution in [3.8, 4) is 11.5 Å². The highest BCUT2D eigenvalue weighted by molar-refractivity contribution is 7.89. The van der Waals surface area contributed by atoms with E-state index >= 15 is 0 Å². The zero-order chi connectivity index (χ0) is 25.0. The van der Waals surface area contributed by atoms with Gasteiger partial charge in [0.25, 0.3) is 5.69 Å².